The lowest BCUT2D eigenvalue weighted by molar-refractivity contribution is 0.0240. The minimum absolute atomic E-state index is 0.200. The Hall–Kier alpha value is -1.75. The summed E-state index contributed by atoms with van der Waals surface area (Å²) in [5, 5.41) is 3.41. The van der Waals surface area contributed by atoms with E-state index >= 15 is 0 Å². The highest BCUT2D eigenvalue weighted by Gasteiger charge is 2.26. The van der Waals surface area contributed by atoms with Gasteiger partial charge in [0, 0.05) is 38.4 Å². The first-order valence-corrected chi connectivity index (χ1v) is 8.48. The fourth-order valence-electron chi connectivity index (χ4n) is 3.13. The van der Waals surface area contributed by atoms with Gasteiger partial charge < -0.3 is 19.9 Å². The monoisotopic (exact) mass is 317 g/mol. The van der Waals surface area contributed by atoms with Gasteiger partial charge in [-0.1, -0.05) is 6.07 Å². The van der Waals surface area contributed by atoms with E-state index in [1.807, 2.05) is 25.7 Å². The minimum atomic E-state index is -0.430. The van der Waals surface area contributed by atoms with Crippen LogP contribution in [0.1, 0.15) is 31.9 Å². The van der Waals surface area contributed by atoms with Crippen LogP contribution in [0.5, 0.6) is 0 Å². The Balaban J connectivity index is 1.60. The summed E-state index contributed by atoms with van der Waals surface area (Å²) in [6.45, 7) is 10.9. The summed E-state index contributed by atoms with van der Waals surface area (Å²) < 4.78 is 5.45. The van der Waals surface area contributed by atoms with Crippen molar-refractivity contribution in [3.63, 3.8) is 0 Å². The standard InChI is InChI=1S/C18H27N3O2/c1-18(2,3)23-17(22)21-10-8-20(9-11-21)16-5-4-15-13-19-7-6-14(15)12-16/h4-5,12,19H,6-11,13H2,1-3H3. The number of rotatable bonds is 1. The molecule has 0 radical (unpaired) electrons. The van der Waals surface area contributed by atoms with Crippen LogP contribution in [0.25, 0.3) is 0 Å². The van der Waals surface area contributed by atoms with Crippen LogP contribution in [-0.2, 0) is 17.7 Å². The molecule has 1 saturated heterocycles. The van der Waals surface area contributed by atoms with Gasteiger partial charge in [0.05, 0.1) is 0 Å². The van der Waals surface area contributed by atoms with Crippen LogP contribution < -0.4 is 10.2 Å². The summed E-state index contributed by atoms with van der Waals surface area (Å²) in [6.07, 6.45) is 0.898. The second-order valence-electron chi connectivity index (χ2n) is 7.33. The van der Waals surface area contributed by atoms with E-state index in [4.69, 9.17) is 4.74 Å². The zero-order valence-electron chi connectivity index (χ0n) is 14.4. The Labute approximate surface area is 138 Å². The summed E-state index contributed by atoms with van der Waals surface area (Å²) in [5.41, 5.74) is 3.71. The normalized spacial score (nSPS) is 18.6. The van der Waals surface area contributed by atoms with E-state index in [-0.39, 0.29) is 6.09 Å². The SMILES string of the molecule is CC(C)(C)OC(=O)N1CCN(c2ccc3c(c2)CCNC3)CC1. The first-order valence-electron chi connectivity index (χ1n) is 8.48. The molecule has 0 saturated carbocycles. The number of carbonyl (C=O) groups excluding carboxylic acids is 1. The Bertz CT molecular complexity index is 572. The minimum Gasteiger partial charge on any atom is -0.444 e. The zero-order valence-corrected chi connectivity index (χ0v) is 14.4. The molecule has 0 aliphatic carbocycles. The number of ether oxygens (including phenoxy) is 1. The molecule has 1 fully saturated rings. The molecule has 0 atom stereocenters. The average molecular weight is 317 g/mol. The quantitative estimate of drug-likeness (QED) is 0.864. The number of anilines is 1. The highest BCUT2D eigenvalue weighted by molar-refractivity contribution is 5.68. The van der Waals surface area contributed by atoms with Crippen molar-refractivity contribution < 1.29 is 9.53 Å². The lowest BCUT2D eigenvalue weighted by Gasteiger charge is -2.37. The number of carbonyl (C=O) groups is 1. The van der Waals surface area contributed by atoms with E-state index < -0.39 is 5.60 Å². The molecule has 23 heavy (non-hydrogen) atoms. The second kappa shape index (κ2) is 6.40. The van der Waals surface area contributed by atoms with Gasteiger partial charge in [-0.05, 0) is 57.0 Å². The van der Waals surface area contributed by atoms with E-state index in [0.717, 1.165) is 32.6 Å². The number of piperazine rings is 1. The van der Waals surface area contributed by atoms with Crippen molar-refractivity contribution in [3.8, 4) is 0 Å². The number of benzene rings is 1. The molecule has 0 unspecified atom stereocenters. The van der Waals surface area contributed by atoms with Crippen LogP contribution in [0.15, 0.2) is 18.2 Å². The smallest absolute Gasteiger partial charge is 0.410 e. The molecule has 1 aromatic carbocycles. The van der Waals surface area contributed by atoms with Crippen LogP contribution in [0, 0.1) is 0 Å². The Morgan fingerprint density at radius 1 is 1.13 bits per heavy atom. The van der Waals surface area contributed by atoms with Gasteiger partial charge in [0.15, 0.2) is 0 Å². The Kier molecular flexibility index (Phi) is 4.48. The molecule has 2 aliphatic heterocycles. The molecule has 126 valence electrons. The topological polar surface area (TPSA) is 44.8 Å². The summed E-state index contributed by atoms with van der Waals surface area (Å²) in [5.74, 6) is 0. The summed E-state index contributed by atoms with van der Waals surface area (Å²) in [4.78, 5) is 16.3. The van der Waals surface area contributed by atoms with Gasteiger partial charge in [-0.3, -0.25) is 0 Å². The molecule has 0 aromatic heterocycles. The zero-order chi connectivity index (χ0) is 16.4. The molecule has 5 heteroatoms. The van der Waals surface area contributed by atoms with Crippen LogP contribution in [0.3, 0.4) is 0 Å². The molecule has 3 rings (SSSR count). The second-order valence-corrected chi connectivity index (χ2v) is 7.33. The molecule has 2 aliphatic rings. The summed E-state index contributed by atoms with van der Waals surface area (Å²) in [7, 11) is 0. The van der Waals surface area contributed by atoms with Crippen LogP contribution in [0.2, 0.25) is 0 Å². The van der Waals surface area contributed by atoms with Crippen molar-refractivity contribution in [1.82, 2.24) is 10.2 Å². The molecule has 5 nitrogen and oxygen atoms in total. The molecule has 1 amide bonds. The third-order valence-corrected chi connectivity index (χ3v) is 4.37. The maximum atomic E-state index is 12.1. The first-order chi connectivity index (χ1) is 10.9. The van der Waals surface area contributed by atoms with Gasteiger partial charge in [-0.15, -0.1) is 0 Å². The maximum Gasteiger partial charge on any atom is 0.410 e. The molecular formula is C18H27N3O2. The molecule has 0 spiro atoms. The van der Waals surface area contributed by atoms with Gasteiger partial charge in [0.2, 0.25) is 0 Å². The van der Waals surface area contributed by atoms with Crippen molar-refractivity contribution in [1.29, 1.82) is 0 Å². The third-order valence-electron chi connectivity index (χ3n) is 4.37. The van der Waals surface area contributed by atoms with Crippen molar-refractivity contribution in [2.75, 3.05) is 37.6 Å². The lowest BCUT2D eigenvalue weighted by atomic mass is 10.00. The van der Waals surface area contributed by atoms with Crippen molar-refractivity contribution in [2.24, 2.45) is 0 Å². The Morgan fingerprint density at radius 3 is 2.57 bits per heavy atom. The predicted molar refractivity (Wildman–Crippen MR) is 91.9 cm³/mol. The van der Waals surface area contributed by atoms with Gasteiger partial charge in [0.25, 0.3) is 0 Å². The summed E-state index contributed by atoms with van der Waals surface area (Å²) >= 11 is 0. The number of hydrogen-bond donors (Lipinski definition) is 1. The van der Waals surface area contributed by atoms with Crippen LogP contribution in [0.4, 0.5) is 10.5 Å². The van der Waals surface area contributed by atoms with E-state index in [0.29, 0.717) is 13.1 Å². The van der Waals surface area contributed by atoms with Gasteiger partial charge in [-0.2, -0.15) is 0 Å². The molecule has 0 bridgehead atoms. The number of nitrogens with zero attached hydrogens (tertiary/aromatic N) is 2. The van der Waals surface area contributed by atoms with E-state index in [2.05, 4.69) is 28.4 Å². The van der Waals surface area contributed by atoms with E-state index in [9.17, 15) is 4.79 Å². The van der Waals surface area contributed by atoms with Gasteiger partial charge in [-0.25, -0.2) is 4.79 Å². The number of fused-ring (bicyclic) bond motifs is 1. The number of hydrogen-bond acceptors (Lipinski definition) is 4. The Morgan fingerprint density at radius 2 is 1.87 bits per heavy atom. The molecular weight excluding hydrogens is 290 g/mol. The highest BCUT2D eigenvalue weighted by atomic mass is 16.6. The molecule has 1 aromatic rings. The lowest BCUT2D eigenvalue weighted by Crippen LogP contribution is -2.50. The first kappa shape index (κ1) is 16.1. The molecule has 2 heterocycles. The van der Waals surface area contributed by atoms with Gasteiger partial charge >= 0.3 is 6.09 Å². The predicted octanol–water partition coefficient (Wildman–Crippen LogP) is 2.39. The maximum absolute atomic E-state index is 12.1. The van der Waals surface area contributed by atoms with E-state index in [1.165, 1.54) is 16.8 Å². The largest absolute Gasteiger partial charge is 0.444 e. The fraction of sp³-hybridized carbons (Fsp3) is 0.611. The average Bonchev–Trinajstić information content (AvgIpc) is 2.53. The van der Waals surface area contributed by atoms with Crippen LogP contribution in [-0.4, -0.2) is 49.3 Å². The van der Waals surface area contributed by atoms with Crippen LogP contribution >= 0.6 is 0 Å². The number of amides is 1. The molecule has 1 N–H and O–H groups in total. The van der Waals surface area contributed by atoms with Crippen molar-refractivity contribution in [2.45, 2.75) is 39.3 Å². The number of nitrogens with one attached hydrogen (secondary N) is 1. The fourth-order valence-corrected chi connectivity index (χ4v) is 3.13. The van der Waals surface area contributed by atoms with Crippen molar-refractivity contribution >= 4 is 11.8 Å². The third kappa shape index (κ3) is 3.96. The highest BCUT2D eigenvalue weighted by Crippen LogP contribution is 2.23. The van der Waals surface area contributed by atoms with Crippen molar-refractivity contribution in [3.05, 3.63) is 29.3 Å². The van der Waals surface area contributed by atoms with E-state index in [1.54, 1.807) is 0 Å². The summed E-state index contributed by atoms with van der Waals surface area (Å²) in [6, 6.07) is 6.76. The van der Waals surface area contributed by atoms with Gasteiger partial charge in [0.1, 0.15) is 5.60 Å².